The Hall–Kier alpha value is -1.27. The molecule has 0 atom stereocenters. The predicted octanol–water partition coefficient (Wildman–Crippen LogP) is 0.569. The third kappa shape index (κ3) is 2.84. The smallest absolute Gasteiger partial charge is 0.173 e. The summed E-state index contributed by atoms with van der Waals surface area (Å²) in [6.07, 6.45) is 1.66. The fourth-order valence-corrected chi connectivity index (χ4v) is 1.98. The van der Waals surface area contributed by atoms with E-state index in [0.717, 1.165) is 5.56 Å². The van der Waals surface area contributed by atoms with Gasteiger partial charge in [-0.05, 0) is 18.6 Å². The van der Waals surface area contributed by atoms with Crippen LogP contribution >= 0.6 is 11.8 Å². The second-order valence-corrected chi connectivity index (χ2v) is 3.95. The molecule has 0 aliphatic heterocycles. The topological polar surface area (TPSA) is 91.7 Å². The minimum Gasteiger partial charge on any atom is -0.409 e. The third-order valence-corrected chi connectivity index (χ3v) is 2.79. The lowest BCUT2D eigenvalue weighted by Gasteiger charge is -2.08. The summed E-state index contributed by atoms with van der Waals surface area (Å²) >= 11 is 1.37. The van der Waals surface area contributed by atoms with Gasteiger partial charge in [-0.25, -0.2) is 4.98 Å². The second kappa shape index (κ2) is 5.57. The molecule has 0 fully saturated rings. The van der Waals surface area contributed by atoms with Crippen LogP contribution in [0.3, 0.4) is 0 Å². The van der Waals surface area contributed by atoms with Crippen molar-refractivity contribution in [2.75, 3.05) is 12.4 Å². The molecular weight excluding hydrogens is 214 g/mol. The Kier molecular flexibility index (Phi) is 4.38. The van der Waals surface area contributed by atoms with Crippen LogP contribution in [0.5, 0.6) is 0 Å². The van der Waals surface area contributed by atoms with E-state index >= 15 is 0 Å². The number of rotatable bonds is 4. The first kappa shape index (κ1) is 11.8. The quantitative estimate of drug-likeness (QED) is 0.230. The zero-order chi connectivity index (χ0) is 11.3. The Morgan fingerprint density at radius 2 is 2.40 bits per heavy atom. The first-order valence-corrected chi connectivity index (χ1v) is 5.36. The molecule has 0 amide bonds. The molecule has 1 rings (SSSR count). The van der Waals surface area contributed by atoms with Crippen molar-refractivity contribution in [2.24, 2.45) is 10.9 Å². The molecule has 82 valence electrons. The number of oxime groups is 1. The summed E-state index contributed by atoms with van der Waals surface area (Å²) in [7, 11) is 0. The lowest BCUT2D eigenvalue weighted by atomic mass is 10.1. The van der Waals surface area contributed by atoms with E-state index in [4.69, 9.17) is 16.0 Å². The van der Waals surface area contributed by atoms with Crippen LogP contribution in [-0.2, 0) is 0 Å². The van der Waals surface area contributed by atoms with E-state index in [0.29, 0.717) is 16.3 Å². The summed E-state index contributed by atoms with van der Waals surface area (Å²) < 4.78 is 0. The number of nitrogens with zero attached hydrogens (tertiary/aromatic N) is 2. The van der Waals surface area contributed by atoms with Crippen molar-refractivity contribution in [1.29, 1.82) is 0 Å². The van der Waals surface area contributed by atoms with Crippen LogP contribution in [0.25, 0.3) is 0 Å². The molecule has 0 radical (unpaired) electrons. The van der Waals surface area contributed by atoms with Crippen molar-refractivity contribution < 1.29 is 10.3 Å². The first-order valence-electron chi connectivity index (χ1n) is 4.38. The van der Waals surface area contributed by atoms with Crippen molar-refractivity contribution in [3.63, 3.8) is 0 Å². The third-order valence-electron chi connectivity index (χ3n) is 1.82. The monoisotopic (exact) mass is 227 g/mol. The molecule has 1 heterocycles. The maximum atomic E-state index is 8.72. The Balaban J connectivity index is 3.09. The molecule has 6 heteroatoms. The van der Waals surface area contributed by atoms with Gasteiger partial charge < -0.3 is 16.0 Å². The van der Waals surface area contributed by atoms with Gasteiger partial charge in [0.2, 0.25) is 0 Å². The van der Waals surface area contributed by atoms with Crippen molar-refractivity contribution in [3.05, 3.63) is 23.4 Å². The fraction of sp³-hybridized carbons (Fsp3) is 0.333. The average Bonchev–Trinajstić information content (AvgIpc) is 2.25. The maximum absolute atomic E-state index is 8.72. The molecule has 0 bridgehead atoms. The molecule has 0 unspecified atom stereocenters. The van der Waals surface area contributed by atoms with Gasteiger partial charge in [0.05, 0.1) is 12.2 Å². The summed E-state index contributed by atoms with van der Waals surface area (Å²) in [5, 5.41) is 21.0. The summed E-state index contributed by atoms with van der Waals surface area (Å²) in [6.45, 7) is 1.92. The van der Waals surface area contributed by atoms with Crippen LogP contribution in [-0.4, -0.2) is 33.5 Å². The predicted molar refractivity (Wildman–Crippen MR) is 59.3 cm³/mol. The number of aliphatic hydroxyl groups excluding tert-OH is 1. The van der Waals surface area contributed by atoms with Gasteiger partial charge >= 0.3 is 0 Å². The van der Waals surface area contributed by atoms with Crippen molar-refractivity contribution >= 4 is 17.6 Å². The van der Waals surface area contributed by atoms with Gasteiger partial charge in [-0.1, -0.05) is 5.16 Å². The van der Waals surface area contributed by atoms with E-state index in [9.17, 15) is 0 Å². The van der Waals surface area contributed by atoms with E-state index in [2.05, 4.69) is 10.1 Å². The highest BCUT2D eigenvalue weighted by molar-refractivity contribution is 7.99. The summed E-state index contributed by atoms with van der Waals surface area (Å²) in [4.78, 5) is 4.13. The summed E-state index contributed by atoms with van der Waals surface area (Å²) in [5.74, 6) is 0.573. The van der Waals surface area contributed by atoms with E-state index in [-0.39, 0.29) is 12.4 Å². The van der Waals surface area contributed by atoms with Crippen molar-refractivity contribution in [1.82, 2.24) is 4.98 Å². The highest BCUT2D eigenvalue weighted by Crippen LogP contribution is 2.22. The van der Waals surface area contributed by atoms with E-state index in [1.54, 1.807) is 12.3 Å². The van der Waals surface area contributed by atoms with Crippen LogP contribution in [0.15, 0.2) is 22.4 Å². The number of hydrogen-bond acceptors (Lipinski definition) is 5. The molecular formula is C9H13N3O2S. The van der Waals surface area contributed by atoms with Crippen molar-refractivity contribution in [2.45, 2.75) is 11.9 Å². The second-order valence-electron chi connectivity index (χ2n) is 2.87. The summed E-state index contributed by atoms with van der Waals surface area (Å²) in [5.41, 5.74) is 7.06. The molecule has 1 aromatic heterocycles. The van der Waals surface area contributed by atoms with Crippen LogP contribution in [0.1, 0.15) is 11.1 Å². The van der Waals surface area contributed by atoms with E-state index in [1.165, 1.54) is 11.8 Å². The lowest BCUT2D eigenvalue weighted by molar-refractivity contribution is 0.318. The molecule has 5 nitrogen and oxygen atoms in total. The van der Waals surface area contributed by atoms with Crippen molar-refractivity contribution in [3.8, 4) is 0 Å². The zero-order valence-corrected chi connectivity index (χ0v) is 9.16. The van der Waals surface area contributed by atoms with Gasteiger partial charge in [-0.2, -0.15) is 0 Å². The Morgan fingerprint density at radius 3 is 3.00 bits per heavy atom. The Morgan fingerprint density at radius 1 is 1.67 bits per heavy atom. The van der Waals surface area contributed by atoms with Gasteiger partial charge in [0.15, 0.2) is 5.84 Å². The molecule has 15 heavy (non-hydrogen) atoms. The van der Waals surface area contributed by atoms with Gasteiger partial charge in [0, 0.05) is 11.9 Å². The van der Waals surface area contributed by atoms with Gasteiger partial charge in [0.1, 0.15) is 5.03 Å². The largest absolute Gasteiger partial charge is 0.409 e. The normalized spacial score (nSPS) is 11.7. The molecule has 1 aromatic rings. The first-order chi connectivity index (χ1) is 7.20. The zero-order valence-electron chi connectivity index (χ0n) is 8.34. The minimum atomic E-state index is 0.0426. The SMILES string of the molecule is Cc1ccnc(SCCO)c1/C(N)=N/O. The molecule has 0 saturated carbocycles. The van der Waals surface area contributed by atoms with E-state index in [1.807, 2.05) is 6.92 Å². The van der Waals surface area contributed by atoms with Gasteiger partial charge in [-0.15, -0.1) is 11.8 Å². The highest BCUT2D eigenvalue weighted by atomic mass is 32.2. The molecule has 0 spiro atoms. The Bertz CT molecular complexity index is 368. The molecule has 0 saturated heterocycles. The van der Waals surface area contributed by atoms with E-state index < -0.39 is 0 Å². The number of pyridine rings is 1. The maximum Gasteiger partial charge on any atom is 0.173 e. The molecule has 0 aliphatic carbocycles. The molecule has 0 aromatic carbocycles. The van der Waals surface area contributed by atoms with Crippen LogP contribution in [0, 0.1) is 6.92 Å². The Labute approximate surface area is 92.0 Å². The van der Waals surface area contributed by atoms with Crippen LogP contribution in [0.4, 0.5) is 0 Å². The number of aryl methyl sites for hydroxylation is 1. The number of aromatic nitrogens is 1. The molecule has 0 aliphatic rings. The number of amidine groups is 1. The minimum absolute atomic E-state index is 0.0426. The molecule has 4 N–H and O–H groups in total. The lowest BCUT2D eigenvalue weighted by Crippen LogP contribution is -2.16. The number of nitrogens with two attached hydrogens (primary N) is 1. The number of thioether (sulfide) groups is 1. The highest BCUT2D eigenvalue weighted by Gasteiger charge is 2.11. The average molecular weight is 227 g/mol. The number of hydrogen-bond donors (Lipinski definition) is 3. The number of aliphatic hydroxyl groups is 1. The van der Waals surface area contributed by atoms with Crippen LogP contribution < -0.4 is 5.73 Å². The standard InChI is InChI=1S/C9H13N3O2S/c1-6-2-3-11-9(15-5-4-13)7(6)8(10)12-14/h2-3,13-14H,4-5H2,1H3,(H2,10,12). The fourth-order valence-electron chi connectivity index (χ4n) is 1.15. The van der Waals surface area contributed by atoms with Crippen LogP contribution in [0.2, 0.25) is 0 Å². The van der Waals surface area contributed by atoms with Gasteiger partial charge in [0.25, 0.3) is 0 Å². The summed E-state index contributed by atoms with van der Waals surface area (Å²) in [6, 6.07) is 1.79. The van der Waals surface area contributed by atoms with Gasteiger partial charge in [-0.3, -0.25) is 0 Å².